The van der Waals surface area contributed by atoms with Crippen LogP contribution < -0.4 is 9.47 Å². The maximum atomic E-state index is 11.3. The molecule has 2 aromatic carbocycles. The van der Waals surface area contributed by atoms with Gasteiger partial charge in [-0.1, -0.05) is 6.07 Å². The topological polar surface area (TPSA) is 61.8 Å². The third-order valence-electron chi connectivity index (χ3n) is 3.09. The van der Waals surface area contributed by atoms with Gasteiger partial charge in [-0.3, -0.25) is 4.79 Å². The molecule has 0 amide bonds. The van der Waals surface area contributed by atoms with Crippen LogP contribution in [0.2, 0.25) is 0 Å². The molecule has 0 N–H and O–H groups in total. The van der Waals surface area contributed by atoms with Gasteiger partial charge >= 0.3 is 5.97 Å². The van der Waals surface area contributed by atoms with E-state index >= 15 is 0 Å². The molecule has 0 radical (unpaired) electrons. The van der Waals surface area contributed by atoms with Crippen molar-refractivity contribution in [3.63, 3.8) is 0 Å². The Balaban J connectivity index is 2.05. The number of halogens is 1. The highest BCUT2D eigenvalue weighted by Gasteiger charge is 2.08. The summed E-state index contributed by atoms with van der Waals surface area (Å²) in [4.78, 5) is 22.5. The summed E-state index contributed by atoms with van der Waals surface area (Å²) < 4.78 is 15.9. The zero-order valence-electron chi connectivity index (χ0n) is 13.4. The summed E-state index contributed by atoms with van der Waals surface area (Å²) in [6, 6.07) is 11.8. The van der Waals surface area contributed by atoms with Gasteiger partial charge in [0.05, 0.1) is 6.61 Å². The second-order valence-corrected chi connectivity index (χ2v) is 5.27. The van der Waals surface area contributed by atoms with Crippen molar-refractivity contribution in [2.45, 2.75) is 13.8 Å². The molecule has 0 spiro atoms. The largest absolute Gasteiger partial charge is 0.482 e. The van der Waals surface area contributed by atoms with E-state index in [1.807, 2.05) is 6.92 Å². The van der Waals surface area contributed by atoms with Crippen LogP contribution in [0.5, 0.6) is 17.2 Å². The molecule has 0 fully saturated rings. The van der Waals surface area contributed by atoms with Crippen LogP contribution in [0.25, 0.3) is 0 Å². The number of benzene rings is 2. The molecule has 0 saturated heterocycles. The molecule has 0 bridgehead atoms. The molecule has 126 valence electrons. The monoisotopic (exact) mass is 348 g/mol. The van der Waals surface area contributed by atoms with Gasteiger partial charge in [0.2, 0.25) is 0 Å². The molecule has 24 heavy (non-hydrogen) atoms. The molecular formula is C18H17ClO5. The fraction of sp³-hybridized carbons (Fsp3) is 0.222. The Morgan fingerprint density at radius 2 is 1.83 bits per heavy atom. The van der Waals surface area contributed by atoms with Crippen LogP contribution >= 0.6 is 11.6 Å². The van der Waals surface area contributed by atoms with Gasteiger partial charge in [-0.2, -0.15) is 0 Å². The first-order chi connectivity index (χ1) is 11.5. The van der Waals surface area contributed by atoms with Crippen molar-refractivity contribution in [3.05, 3.63) is 53.6 Å². The summed E-state index contributed by atoms with van der Waals surface area (Å²) in [5, 5.41) is -0.542. The Kier molecular flexibility index (Phi) is 6.21. The Morgan fingerprint density at radius 1 is 1.08 bits per heavy atom. The van der Waals surface area contributed by atoms with E-state index in [0.29, 0.717) is 29.4 Å². The maximum Gasteiger partial charge on any atom is 0.344 e. The highest BCUT2D eigenvalue weighted by atomic mass is 35.5. The summed E-state index contributed by atoms with van der Waals surface area (Å²) >= 11 is 5.46. The van der Waals surface area contributed by atoms with Crippen molar-refractivity contribution >= 4 is 22.8 Å². The fourth-order valence-electron chi connectivity index (χ4n) is 2.00. The van der Waals surface area contributed by atoms with E-state index in [2.05, 4.69) is 0 Å². The van der Waals surface area contributed by atoms with Gasteiger partial charge in [-0.15, -0.1) is 0 Å². The molecule has 0 heterocycles. The van der Waals surface area contributed by atoms with Crippen molar-refractivity contribution in [2.75, 3.05) is 13.2 Å². The first-order valence-electron chi connectivity index (χ1n) is 7.36. The maximum absolute atomic E-state index is 11.3. The third kappa shape index (κ3) is 4.99. The van der Waals surface area contributed by atoms with E-state index < -0.39 is 11.2 Å². The molecule has 0 atom stereocenters. The molecule has 0 unspecified atom stereocenters. The summed E-state index contributed by atoms with van der Waals surface area (Å²) in [5.74, 6) is 1.23. The van der Waals surface area contributed by atoms with Crippen molar-refractivity contribution < 1.29 is 23.8 Å². The molecular weight excluding hydrogens is 332 g/mol. The van der Waals surface area contributed by atoms with Gasteiger partial charge in [0.15, 0.2) is 6.61 Å². The Labute approximate surface area is 145 Å². The highest BCUT2D eigenvalue weighted by Crippen LogP contribution is 2.28. The lowest BCUT2D eigenvalue weighted by Gasteiger charge is -2.11. The minimum Gasteiger partial charge on any atom is -0.482 e. The second-order valence-electron chi connectivity index (χ2n) is 4.92. The minimum atomic E-state index is -0.542. The summed E-state index contributed by atoms with van der Waals surface area (Å²) in [7, 11) is 0. The number of hydrogen-bond acceptors (Lipinski definition) is 5. The number of carbonyl (C=O) groups is 2. The quantitative estimate of drug-likeness (QED) is 0.556. The standard InChI is InChI=1S/C18H17ClO5/c1-3-22-17(20)11-23-16-8-7-15(9-12(16)2)24-14-6-4-5-13(10-14)18(19)21/h4-10H,3,11H2,1-2H3. The van der Waals surface area contributed by atoms with Crippen LogP contribution in [0, 0.1) is 6.92 Å². The minimum absolute atomic E-state index is 0.144. The first-order valence-corrected chi connectivity index (χ1v) is 7.74. The Morgan fingerprint density at radius 3 is 2.50 bits per heavy atom. The van der Waals surface area contributed by atoms with Gasteiger partial charge in [-0.05, 0) is 67.4 Å². The van der Waals surface area contributed by atoms with Crippen LogP contribution in [-0.4, -0.2) is 24.4 Å². The average Bonchev–Trinajstić information content (AvgIpc) is 2.54. The molecule has 2 rings (SSSR count). The van der Waals surface area contributed by atoms with Crippen LogP contribution in [-0.2, 0) is 9.53 Å². The lowest BCUT2D eigenvalue weighted by Crippen LogP contribution is -2.14. The second kappa shape index (κ2) is 8.36. The zero-order chi connectivity index (χ0) is 17.5. The van der Waals surface area contributed by atoms with E-state index in [1.54, 1.807) is 49.4 Å². The van der Waals surface area contributed by atoms with Gasteiger partial charge < -0.3 is 14.2 Å². The molecule has 0 saturated carbocycles. The number of esters is 1. The van der Waals surface area contributed by atoms with E-state index in [-0.39, 0.29) is 6.61 Å². The van der Waals surface area contributed by atoms with Crippen molar-refractivity contribution in [2.24, 2.45) is 0 Å². The van der Waals surface area contributed by atoms with Gasteiger partial charge in [0.1, 0.15) is 17.2 Å². The van der Waals surface area contributed by atoms with Gasteiger partial charge in [0, 0.05) is 5.56 Å². The number of ether oxygens (including phenoxy) is 3. The SMILES string of the molecule is CCOC(=O)COc1ccc(Oc2cccc(C(=O)Cl)c2)cc1C. The molecule has 6 heteroatoms. The summed E-state index contributed by atoms with van der Waals surface area (Å²) in [6.07, 6.45) is 0. The molecule has 0 aliphatic carbocycles. The third-order valence-corrected chi connectivity index (χ3v) is 3.31. The van der Waals surface area contributed by atoms with E-state index in [9.17, 15) is 9.59 Å². The molecule has 0 aliphatic heterocycles. The lowest BCUT2D eigenvalue weighted by molar-refractivity contribution is -0.145. The predicted octanol–water partition coefficient (Wildman–Crippen LogP) is 4.11. The Hall–Kier alpha value is -2.53. The molecule has 0 aliphatic rings. The van der Waals surface area contributed by atoms with Crippen molar-refractivity contribution in [1.82, 2.24) is 0 Å². The zero-order valence-corrected chi connectivity index (χ0v) is 14.1. The first kappa shape index (κ1) is 17.8. The van der Waals surface area contributed by atoms with Crippen LogP contribution in [0.15, 0.2) is 42.5 Å². The van der Waals surface area contributed by atoms with E-state index in [4.69, 9.17) is 25.8 Å². The number of hydrogen-bond donors (Lipinski definition) is 0. The van der Waals surface area contributed by atoms with Crippen LogP contribution in [0.1, 0.15) is 22.8 Å². The molecule has 0 aromatic heterocycles. The lowest BCUT2D eigenvalue weighted by atomic mass is 10.2. The molecule has 2 aromatic rings. The smallest absolute Gasteiger partial charge is 0.344 e. The predicted molar refractivity (Wildman–Crippen MR) is 90.0 cm³/mol. The summed E-state index contributed by atoms with van der Waals surface area (Å²) in [5.41, 5.74) is 1.17. The number of aryl methyl sites for hydroxylation is 1. The highest BCUT2D eigenvalue weighted by molar-refractivity contribution is 6.67. The molecule has 5 nitrogen and oxygen atoms in total. The van der Waals surface area contributed by atoms with Gasteiger partial charge in [0.25, 0.3) is 5.24 Å². The van der Waals surface area contributed by atoms with E-state index in [1.165, 1.54) is 0 Å². The van der Waals surface area contributed by atoms with Gasteiger partial charge in [-0.25, -0.2) is 4.79 Å². The van der Waals surface area contributed by atoms with Crippen molar-refractivity contribution in [1.29, 1.82) is 0 Å². The summed E-state index contributed by atoms with van der Waals surface area (Å²) in [6.45, 7) is 3.75. The average molecular weight is 349 g/mol. The normalized spacial score (nSPS) is 10.1. The fourth-order valence-corrected chi connectivity index (χ4v) is 2.12. The number of rotatable bonds is 7. The number of carbonyl (C=O) groups excluding carboxylic acids is 2. The van der Waals surface area contributed by atoms with Crippen LogP contribution in [0.3, 0.4) is 0 Å². The van der Waals surface area contributed by atoms with Crippen LogP contribution in [0.4, 0.5) is 0 Å². The Bertz CT molecular complexity index is 742. The van der Waals surface area contributed by atoms with E-state index in [0.717, 1.165) is 5.56 Å². The van der Waals surface area contributed by atoms with Crippen molar-refractivity contribution in [3.8, 4) is 17.2 Å².